The number of carbonyl (C=O) groups excluding carboxylic acids is 1. The number of carboxylic acid groups (broad SMARTS) is 1. The van der Waals surface area contributed by atoms with Gasteiger partial charge in [-0.25, -0.2) is 4.79 Å². The number of rotatable bonds is 4. The van der Waals surface area contributed by atoms with Crippen LogP contribution in [0.5, 0.6) is 0 Å². The summed E-state index contributed by atoms with van der Waals surface area (Å²) in [6, 6.07) is 0.120. The number of nitrogens with one attached hydrogen (secondary N) is 2. The van der Waals surface area contributed by atoms with E-state index in [1.165, 1.54) is 0 Å². The van der Waals surface area contributed by atoms with Crippen molar-refractivity contribution in [2.45, 2.75) is 51.5 Å². The van der Waals surface area contributed by atoms with Gasteiger partial charge in [-0.3, -0.25) is 4.79 Å². The minimum absolute atomic E-state index is 0.0941. The molecule has 2 aliphatic heterocycles. The summed E-state index contributed by atoms with van der Waals surface area (Å²) in [5.74, 6) is -0.760. The molecule has 0 aromatic carbocycles. The molecule has 6 heteroatoms. The SMILES string of the molecule is CCCC1(C(=O)O)CCCN(C(=O)NC2CCNCC2)C1. The maximum absolute atomic E-state index is 12.4. The van der Waals surface area contributed by atoms with E-state index in [2.05, 4.69) is 10.6 Å². The lowest BCUT2D eigenvalue weighted by Crippen LogP contribution is -2.55. The molecule has 2 rings (SSSR count). The Morgan fingerprint density at radius 2 is 2.10 bits per heavy atom. The molecule has 3 N–H and O–H groups in total. The second-order valence-electron chi connectivity index (χ2n) is 6.33. The van der Waals surface area contributed by atoms with Gasteiger partial charge in [0.15, 0.2) is 0 Å². The summed E-state index contributed by atoms with van der Waals surface area (Å²) in [5.41, 5.74) is -0.752. The standard InChI is InChI=1S/C15H27N3O3/c1-2-6-15(13(19)20)7-3-10-18(11-15)14(21)17-12-4-8-16-9-5-12/h12,16H,2-11H2,1H3,(H,17,21)(H,19,20). The lowest BCUT2D eigenvalue weighted by molar-refractivity contribution is -0.152. The predicted molar refractivity (Wildman–Crippen MR) is 80.2 cm³/mol. The van der Waals surface area contributed by atoms with Crippen LogP contribution >= 0.6 is 0 Å². The van der Waals surface area contributed by atoms with Gasteiger partial charge in [0.05, 0.1) is 5.41 Å². The van der Waals surface area contributed by atoms with E-state index in [1.807, 2.05) is 6.92 Å². The summed E-state index contributed by atoms with van der Waals surface area (Å²) in [5, 5.41) is 15.9. The van der Waals surface area contributed by atoms with E-state index < -0.39 is 11.4 Å². The van der Waals surface area contributed by atoms with Crippen LogP contribution in [-0.2, 0) is 4.79 Å². The minimum Gasteiger partial charge on any atom is -0.481 e. The van der Waals surface area contributed by atoms with Crippen molar-refractivity contribution in [1.82, 2.24) is 15.5 Å². The second-order valence-corrected chi connectivity index (χ2v) is 6.33. The molecule has 21 heavy (non-hydrogen) atoms. The Morgan fingerprint density at radius 1 is 1.38 bits per heavy atom. The lowest BCUT2D eigenvalue weighted by atomic mass is 9.76. The molecule has 0 bridgehead atoms. The third-order valence-corrected chi connectivity index (χ3v) is 4.71. The van der Waals surface area contributed by atoms with Crippen LogP contribution in [0.3, 0.4) is 0 Å². The molecule has 2 heterocycles. The highest BCUT2D eigenvalue weighted by molar-refractivity contribution is 5.79. The Bertz CT molecular complexity index is 378. The van der Waals surface area contributed by atoms with Crippen molar-refractivity contribution >= 4 is 12.0 Å². The van der Waals surface area contributed by atoms with E-state index in [0.29, 0.717) is 25.9 Å². The normalized spacial score (nSPS) is 27.4. The van der Waals surface area contributed by atoms with E-state index in [-0.39, 0.29) is 12.1 Å². The summed E-state index contributed by atoms with van der Waals surface area (Å²) in [4.78, 5) is 25.7. The fourth-order valence-corrected chi connectivity index (χ4v) is 3.50. The predicted octanol–water partition coefficient (Wildman–Crippen LogP) is 1.41. The van der Waals surface area contributed by atoms with E-state index in [9.17, 15) is 14.7 Å². The molecule has 2 saturated heterocycles. The Kier molecular flexibility index (Phi) is 5.45. The number of nitrogens with zero attached hydrogens (tertiary/aromatic N) is 1. The molecule has 1 unspecified atom stereocenters. The van der Waals surface area contributed by atoms with Crippen LogP contribution in [0.25, 0.3) is 0 Å². The number of likely N-dealkylation sites (tertiary alicyclic amines) is 1. The highest BCUT2D eigenvalue weighted by Gasteiger charge is 2.43. The minimum atomic E-state index is -0.760. The Labute approximate surface area is 126 Å². The van der Waals surface area contributed by atoms with Crippen molar-refractivity contribution in [3.63, 3.8) is 0 Å². The summed E-state index contributed by atoms with van der Waals surface area (Å²) in [6.07, 6.45) is 4.80. The van der Waals surface area contributed by atoms with Crippen LogP contribution in [-0.4, -0.2) is 54.2 Å². The van der Waals surface area contributed by atoms with Gasteiger partial charge in [-0.1, -0.05) is 13.3 Å². The summed E-state index contributed by atoms with van der Waals surface area (Å²) >= 11 is 0. The first kappa shape index (κ1) is 16.1. The Hall–Kier alpha value is -1.30. The van der Waals surface area contributed by atoms with Gasteiger partial charge in [0.2, 0.25) is 0 Å². The van der Waals surface area contributed by atoms with Gasteiger partial charge in [-0.15, -0.1) is 0 Å². The van der Waals surface area contributed by atoms with Crippen molar-refractivity contribution in [2.75, 3.05) is 26.2 Å². The molecule has 2 amide bonds. The molecule has 0 aromatic rings. The van der Waals surface area contributed by atoms with Gasteiger partial charge in [0.1, 0.15) is 0 Å². The highest BCUT2D eigenvalue weighted by atomic mass is 16.4. The molecule has 0 radical (unpaired) electrons. The summed E-state index contributed by atoms with van der Waals surface area (Å²) < 4.78 is 0. The number of urea groups is 1. The monoisotopic (exact) mass is 297 g/mol. The second kappa shape index (κ2) is 7.11. The fourth-order valence-electron chi connectivity index (χ4n) is 3.50. The molecule has 1 atom stereocenters. The van der Waals surface area contributed by atoms with Gasteiger partial charge >= 0.3 is 12.0 Å². The van der Waals surface area contributed by atoms with Crippen molar-refractivity contribution in [3.05, 3.63) is 0 Å². The molecular weight excluding hydrogens is 270 g/mol. The number of carbonyl (C=O) groups is 2. The van der Waals surface area contributed by atoms with Gasteiger partial charge in [-0.2, -0.15) is 0 Å². The molecule has 2 fully saturated rings. The van der Waals surface area contributed by atoms with Gasteiger partial charge in [0.25, 0.3) is 0 Å². The van der Waals surface area contributed by atoms with E-state index in [1.54, 1.807) is 4.90 Å². The van der Waals surface area contributed by atoms with Gasteiger partial charge < -0.3 is 20.6 Å². The maximum Gasteiger partial charge on any atom is 0.317 e. The van der Waals surface area contributed by atoms with Crippen molar-refractivity contribution in [3.8, 4) is 0 Å². The van der Waals surface area contributed by atoms with Crippen LogP contribution in [0, 0.1) is 5.41 Å². The number of hydrogen-bond acceptors (Lipinski definition) is 3. The average molecular weight is 297 g/mol. The van der Waals surface area contributed by atoms with E-state index in [0.717, 1.165) is 38.8 Å². The number of hydrogen-bond donors (Lipinski definition) is 3. The highest BCUT2D eigenvalue weighted by Crippen LogP contribution is 2.35. The van der Waals surface area contributed by atoms with Crippen LogP contribution in [0.1, 0.15) is 45.4 Å². The Balaban J connectivity index is 1.95. The zero-order valence-electron chi connectivity index (χ0n) is 12.9. The molecular formula is C15H27N3O3. The zero-order chi connectivity index (χ0) is 15.3. The van der Waals surface area contributed by atoms with E-state index >= 15 is 0 Å². The number of piperidine rings is 2. The van der Waals surface area contributed by atoms with Crippen molar-refractivity contribution in [2.24, 2.45) is 5.41 Å². The zero-order valence-corrected chi connectivity index (χ0v) is 12.9. The maximum atomic E-state index is 12.4. The quantitative estimate of drug-likeness (QED) is 0.733. The molecule has 120 valence electrons. The van der Waals surface area contributed by atoms with Crippen molar-refractivity contribution in [1.29, 1.82) is 0 Å². The smallest absolute Gasteiger partial charge is 0.317 e. The van der Waals surface area contributed by atoms with E-state index in [4.69, 9.17) is 0 Å². The van der Waals surface area contributed by atoms with Crippen molar-refractivity contribution < 1.29 is 14.7 Å². The average Bonchev–Trinajstić information content (AvgIpc) is 2.48. The third kappa shape index (κ3) is 3.87. The first-order valence-corrected chi connectivity index (χ1v) is 8.07. The van der Waals surface area contributed by atoms with Gasteiger partial charge in [-0.05, 0) is 45.2 Å². The molecule has 0 aromatic heterocycles. The number of amides is 2. The molecule has 0 saturated carbocycles. The molecule has 6 nitrogen and oxygen atoms in total. The lowest BCUT2D eigenvalue weighted by Gasteiger charge is -2.40. The fraction of sp³-hybridized carbons (Fsp3) is 0.867. The van der Waals surface area contributed by atoms with Crippen LogP contribution in [0.2, 0.25) is 0 Å². The van der Waals surface area contributed by atoms with Crippen LogP contribution in [0.4, 0.5) is 4.79 Å². The summed E-state index contributed by atoms with van der Waals surface area (Å²) in [7, 11) is 0. The molecule has 0 spiro atoms. The molecule has 0 aliphatic carbocycles. The third-order valence-electron chi connectivity index (χ3n) is 4.71. The first-order valence-electron chi connectivity index (χ1n) is 8.07. The number of carboxylic acids is 1. The first-order chi connectivity index (χ1) is 10.1. The largest absolute Gasteiger partial charge is 0.481 e. The van der Waals surface area contributed by atoms with Crippen LogP contribution in [0.15, 0.2) is 0 Å². The topological polar surface area (TPSA) is 81.7 Å². The summed E-state index contributed by atoms with van der Waals surface area (Å²) in [6.45, 7) is 4.86. The van der Waals surface area contributed by atoms with Crippen LogP contribution < -0.4 is 10.6 Å². The number of aliphatic carboxylic acids is 1. The molecule has 2 aliphatic rings. The Morgan fingerprint density at radius 3 is 2.71 bits per heavy atom. The van der Waals surface area contributed by atoms with Gasteiger partial charge in [0, 0.05) is 19.1 Å².